The first-order valence-electron chi connectivity index (χ1n) is 6.44. The van der Waals surface area contributed by atoms with E-state index in [1.807, 2.05) is 18.5 Å². The lowest BCUT2D eigenvalue weighted by Crippen LogP contribution is -2.29. The molecule has 0 aliphatic heterocycles. The number of halogens is 1. The van der Waals surface area contributed by atoms with Crippen molar-refractivity contribution in [3.8, 4) is 6.07 Å². The van der Waals surface area contributed by atoms with Gasteiger partial charge in [-0.05, 0) is 13.8 Å². The number of aryl methyl sites for hydroxylation is 2. The fraction of sp³-hybridized carbons (Fsp3) is 0.692. The lowest BCUT2D eigenvalue weighted by Gasteiger charge is -2.21. The number of aromatic nitrogens is 2. The number of nitrogens with zero attached hydrogens (tertiary/aromatic N) is 4. The molecule has 0 saturated carbocycles. The van der Waals surface area contributed by atoms with Gasteiger partial charge in [0.2, 0.25) is 0 Å². The first kappa shape index (κ1) is 16.0. The van der Waals surface area contributed by atoms with E-state index >= 15 is 0 Å². The minimum Gasteiger partial charge on any atom is -0.383 e. The zero-order valence-corrected chi connectivity index (χ0v) is 12.6. The van der Waals surface area contributed by atoms with E-state index in [2.05, 4.69) is 16.1 Å². The smallest absolute Gasteiger partial charge is 0.0860 e. The van der Waals surface area contributed by atoms with Crippen LogP contribution in [-0.2, 0) is 17.8 Å². The summed E-state index contributed by atoms with van der Waals surface area (Å²) < 4.78 is 7.02. The normalized spacial score (nSPS) is 10.9. The Morgan fingerprint density at radius 2 is 2.21 bits per heavy atom. The number of hydrogen-bond acceptors (Lipinski definition) is 4. The van der Waals surface area contributed by atoms with Crippen molar-refractivity contribution in [3.63, 3.8) is 0 Å². The Balaban J connectivity index is 2.79. The summed E-state index contributed by atoms with van der Waals surface area (Å²) in [5, 5.41) is 13.8. The van der Waals surface area contributed by atoms with E-state index in [1.54, 1.807) is 7.11 Å². The number of methoxy groups -OCH3 is 1. The average molecular weight is 285 g/mol. The number of ether oxygens (including phenoxy) is 1. The van der Waals surface area contributed by atoms with Gasteiger partial charge in [-0.15, -0.1) is 0 Å². The third-order valence-corrected chi connectivity index (χ3v) is 3.47. The number of hydrogen-bond donors (Lipinski definition) is 0. The van der Waals surface area contributed by atoms with Gasteiger partial charge < -0.3 is 4.74 Å². The van der Waals surface area contributed by atoms with Gasteiger partial charge >= 0.3 is 0 Å². The van der Waals surface area contributed by atoms with Gasteiger partial charge in [0.25, 0.3) is 0 Å². The van der Waals surface area contributed by atoms with Crippen molar-refractivity contribution in [1.29, 1.82) is 5.26 Å². The molecule has 0 aliphatic carbocycles. The van der Waals surface area contributed by atoms with E-state index in [9.17, 15) is 0 Å². The van der Waals surface area contributed by atoms with Crippen LogP contribution < -0.4 is 0 Å². The lowest BCUT2D eigenvalue weighted by molar-refractivity contribution is 0.143. The van der Waals surface area contributed by atoms with Crippen LogP contribution >= 0.6 is 11.6 Å². The first-order chi connectivity index (χ1) is 9.13. The van der Waals surface area contributed by atoms with Gasteiger partial charge in [-0.3, -0.25) is 9.58 Å². The minimum atomic E-state index is 0.501. The van der Waals surface area contributed by atoms with Crippen LogP contribution in [0.2, 0.25) is 5.02 Å². The average Bonchev–Trinajstić information content (AvgIpc) is 2.69. The Kier molecular flexibility index (Phi) is 6.85. The SMILES string of the molecule is CCn1nc(C)c(Cl)c1CN(CCC#N)CCOC. The topological polar surface area (TPSA) is 54.1 Å². The molecule has 0 spiro atoms. The van der Waals surface area contributed by atoms with Crippen LogP contribution in [0.5, 0.6) is 0 Å². The second-order valence-electron chi connectivity index (χ2n) is 4.34. The molecule has 1 aromatic heterocycles. The van der Waals surface area contributed by atoms with Crippen molar-refractivity contribution in [1.82, 2.24) is 14.7 Å². The summed E-state index contributed by atoms with van der Waals surface area (Å²) in [7, 11) is 1.68. The van der Waals surface area contributed by atoms with E-state index in [0.29, 0.717) is 26.1 Å². The largest absolute Gasteiger partial charge is 0.383 e. The summed E-state index contributed by atoms with van der Waals surface area (Å²) in [6, 6.07) is 2.17. The van der Waals surface area contributed by atoms with Crippen LogP contribution in [-0.4, -0.2) is 41.5 Å². The van der Waals surface area contributed by atoms with Gasteiger partial charge in [0, 0.05) is 39.7 Å². The Morgan fingerprint density at radius 3 is 2.79 bits per heavy atom. The Hall–Kier alpha value is -1.09. The third kappa shape index (κ3) is 4.50. The van der Waals surface area contributed by atoms with E-state index in [4.69, 9.17) is 21.6 Å². The third-order valence-electron chi connectivity index (χ3n) is 2.98. The molecule has 0 aromatic carbocycles. The predicted octanol–water partition coefficient (Wildman–Crippen LogP) is 2.23. The molecule has 1 rings (SSSR count). The van der Waals surface area contributed by atoms with Crippen molar-refractivity contribution in [2.24, 2.45) is 0 Å². The van der Waals surface area contributed by atoms with Gasteiger partial charge in [-0.2, -0.15) is 10.4 Å². The second-order valence-corrected chi connectivity index (χ2v) is 4.72. The molecule has 19 heavy (non-hydrogen) atoms. The summed E-state index contributed by atoms with van der Waals surface area (Å²) >= 11 is 6.30. The monoisotopic (exact) mass is 284 g/mol. The molecule has 0 fully saturated rings. The first-order valence-corrected chi connectivity index (χ1v) is 6.81. The highest BCUT2D eigenvalue weighted by Crippen LogP contribution is 2.21. The molecule has 0 amide bonds. The fourth-order valence-corrected chi connectivity index (χ4v) is 2.13. The molecule has 0 N–H and O–H groups in total. The minimum absolute atomic E-state index is 0.501. The van der Waals surface area contributed by atoms with Gasteiger partial charge in [0.05, 0.1) is 29.1 Å². The quantitative estimate of drug-likeness (QED) is 0.734. The van der Waals surface area contributed by atoms with Crippen LogP contribution in [0, 0.1) is 18.3 Å². The van der Waals surface area contributed by atoms with Crippen LogP contribution in [0.25, 0.3) is 0 Å². The molecular weight excluding hydrogens is 264 g/mol. The fourth-order valence-electron chi connectivity index (χ4n) is 1.93. The molecule has 0 radical (unpaired) electrons. The van der Waals surface area contributed by atoms with Crippen molar-refractivity contribution < 1.29 is 4.74 Å². The van der Waals surface area contributed by atoms with Gasteiger partial charge in [-0.1, -0.05) is 11.6 Å². The molecule has 106 valence electrons. The molecule has 1 aromatic rings. The number of nitriles is 1. The maximum atomic E-state index is 8.71. The molecule has 0 bridgehead atoms. The van der Waals surface area contributed by atoms with Crippen LogP contribution in [0.15, 0.2) is 0 Å². The van der Waals surface area contributed by atoms with E-state index in [0.717, 1.165) is 29.5 Å². The molecular formula is C13H21ClN4O. The highest BCUT2D eigenvalue weighted by atomic mass is 35.5. The Bertz CT molecular complexity index is 439. The van der Waals surface area contributed by atoms with Gasteiger partial charge in [-0.25, -0.2) is 0 Å². The van der Waals surface area contributed by atoms with Gasteiger partial charge in [0.1, 0.15) is 0 Å². The highest BCUT2D eigenvalue weighted by Gasteiger charge is 2.15. The maximum absolute atomic E-state index is 8.71. The number of rotatable bonds is 8. The van der Waals surface area contributed by atoms with E-state index < -0.39 is 0 Å². The Labute approximate surface area is 119 Å². The Morgan fingerprint density at radius 1 is 1.47 bits per heavy atom. The molecule has 0 aliphatic rings. The summed E-state index contributed by atoms with van der Waals surface area (Å²) in [6.45, 7) is 7.57. The van der Waals surface area contributed by atoms with E-state index in [-0.39, 0.29) is 0 Å². The zero-order chi connectivity index (χ0) is 14.3. The summed E-state index contributed by atoms with van der Waals surface area (Å²) in [4.78, 5) is 2.17. The molecule has 0 unspecified atom stereocenters. The standard InChI is InChI=1S/C13H21ClN4O/c1-4-18-12(13(14)11(2)16-18)10-17(7-5-6-15)8-9-19-3/h4-5,7-10H2,1-3H3. The van der Waals surface area contributed by atoms with Crippen molar-refractivity contribution >= 4 is 11.6 Å². The van der Waals surface area contributed by atoms with Crippen LogP contribution in [0.1, 0.15) is 24.7 Å². The molecule has 0 saturated heterocycles. The maximum Gasteiger partial charge on any atom is 0.0860 e. The molecule has 0 atom stereocenters. The summed E-state index contributed by atoms with van der Waals surface area (Å²) in [5.41, 5.74) is 1.86. The highest BCUT2D eigenvalue weighted by molar-refractivity contribution is 6.31. The van der Waals surface area contributed by atoms with Crippen molar-refractivity contribution in [3.05, 3.63) is 16.4 Å². The summed E-state index contributed by atoms with van der Waals surface area (Å²) in [6.07, 6.45) is 0.501. The summed E-state index contributed by atoms with van der Waals surface area (Å²) in [5.74, 6) is 0. The van der Waals surface area contributed by atoms with Crippen molar-refractivity contribution in [2.45, 2.75) is 33.4 Å². The van der Waals surface area contributed by atoms with Gasteiger partial charge in [0.15, 0.2) is 0 Å². The van der Waals surface area contributed by atoms with Crippen LogP contribution in [0.4, 0.5) is 0 Å². The van der Waals surface area contributed by atoms with E-state index in [1.165, 1.54) is 0 Å². The molecule has 1 heterocycles. The van der Waals surface area contributed by atoms with Crippen LogP contribution in [0.3, 0.4) is 0 Å². The van der Waals surface area contributed by atoms with Crippen molar-refractivity contribution in [2.75, 3.05) is 26.8 Å². The second kappa shape index (κ2) is 8.16. The molecule has 5 nitrogen and oxygen atoms in total. The lowest BCUT2D eigenvalue weighted by atomic mass is 10.3. The zero-order valence-electron chi connectivity index (χ0n) is 11.8. The predicted molar refractivity (Wildman–Crippen MR) is 75.0 cm³/mol. The molecule has 6 heteroatoms.